The van der Waals surface area contributed by atoms with Gasteiger partial charge in [0.05, 0.1) is 0 Å². The number of ketones is 1. The molecule has 0 aromatic carbocycles. The maximum Gasteiger partial charge on any atom is 0.407 e. The van der Waals surface area contributed by atoms with Gasteiger partial charge in [-0.2, -0.15) is 0 Å². The molecule has 0 aromatic heterocycles. The van der Waals surface area contributed by atoms with Crippen molar-refractivity contribution in [2.45, 2.75) is 58.1 Å². The van der Waals surface area contributed by atoms with Crippen LogP contribution in [0, 0.1) is 11.8 Å². The summed E-state index contributed by atoms with van der Waals surface area (Å²) in [7, 11) is 0. The lowest BCUT2D eigenvalue weighted by molar-refractivity contribution is -0.122. The van der Waals surface area contributed by atoms with Crippen molar-refractivity contribution in [3.63, 3.8) is 0 Å². The lowest BCUT2D eigenvalue weighted by Gasteiger charge is -2.31. The van der Waals surface area contributed by atoms with Gasteiger partial charge in [-0.1, -0.05) is 0 Å². The van der Waals surface area contributed by atoms with Crippen molar-refractivity contribution in [3.8, 4) is 0 Å². The fourth-order valence-corrected chi connectivity index (χ4v) is 2.98. The molecule has 2 bridgehead atoms. The summed E-state index contributed by atoms with van der Waals surface area (Å²) in [5.41, 5.74) is -0.465. The van der Waals surface area contributed by atoms with Gasteiger partial charge < -0.3 is 10.1 Å². The Hall–Kier alpha value is -1.06. The van der Waals surface area contributed by atoms with Crippen molar-refractivity contribution in [1.82, 2.24) is 5.32 Å². The van der Waals surface area contributed by atoms with Crippen molar-refractivity contribution >= 4 is 11.9 Å². The third-order valence-electron chi connectivity index (χ3n) is 3.59. The molecular weight excluding hydrogens is 218 g/mol. The molecule has 2 rings (SSSR count). The van der Waals surface area contributed by atoms with Crippen LogP contribution in [0.1, 0.15) is 46.5 Å². The third kappa shape index (κ3) is 2.99. The van der Waals surface area contributed by atoms with Gasteiger partial charge in [-0.25, -0.2) is 4.79 Å². The summed E-state index contributed by atoms with van der Waals surface area (Å²) in [5.74, 6) is 1.00. The number of amides is 1. The minimum Gasteiger partial charge on any atom is -0.444 e. The number of alkyl carbamates (subject to hydrolysis) is 1. The van der Waals surface area contributed by atoms with Crippen molar-refractivity contribution in [1.29, 1.82) is 0 Å². The Morgan fingerprint density at radius 2 is 1.76 bits per heavy atom. The van der Waals surface area contributed by atoms with Gasteiger partial charge in [0.1, 0.15) is 11.4 Å². The zero-order chi connectivity index (χ0) is 12.6. The van der Waals surface area contributed by atoms with Gasteiger partial charge in [0.15, 0.2) is 0 Å². The maximum absolute atomic E-state index is 11.7. The first kappa shape index (κ1) is 12.4. The van der Waals surface area contributed by atoms with E-state index in [9.17, 15) is 9.59 Å². The molecule has 1 amide bonds. The van der Waals surface area contributed by atoms with Crippen LogP contribution in [-0.4, -0.2) is 23.5 Å². The van der Waals surface area contributed by atoms with Crippen LogP contribution < -0.4 is 5.32 Å². The van der Waals surface area contributed by atoms with Gasteiger partial charge in [-0.05, 0) is 45.4 Å². The van der Waals surface area contributed by atoms with Crippen LogP contribution in [0.3, 0.4) is 0 Å². The summed E-state index contributed by atoms with van der Waals surface area (Å²) in [6.07, 6.45) is 3.00. The minimum atomic E-state index is -0.465. The van der Waals surface area contributed by atoms with Crippen LogP contribution in [0.15, 0.2) is 0 Å². The SMILES string of the molecule is CC(C)(C)OC(=O)NC1C2CCC1CC(=O)C2. The van der Waals surface area contributed by atoms with E-state index < -0.39 is 5.60 Å². The molecule has 4 nitrogen and oxygen atoms in total. The summed E-state index contributed by atoms with van der Waals surface area (Å²) in [5, 5.41) is 2.94. The molecule has 0 aliphatic heterocycles. The predicted octanol–water partition coefficient (Wildman–Crippen LogP) is 2.27. The van der Waals surface area contributed by atoms with E-state index >= 15 is 0 Å². The van der Waals surface area contributed by atoms with Gasteiger partial charge in [0.25, 0.3) is 0 Å². The van der Waals surface area contributed by atoms with Crippen LogP contribution in [0.25, 0.3) is 0 Å². The molecule has 2 atom stereocenters. The first-order valence-corrected chi connectivity index (χ1v) is 6.36. The van der Waals surface area contributed by atoms with Crippen LogP contribution >= 0.6 is 0 Å². The highest BCUT2D eigenvalue weighted by Gasteiger charge is 2.43. The first-order chi connectivity index (χ1) is 7.85. The molecule has 0 radical (unpaired) electrons. The Kier molecular flexibility index (Phi) is 3.15. The van der Waals surface area contributed by atoms with Crippen LogP contribution in [-0.2, 0) is 9.53 Å². The quantitative estimate of drug-likeness (QED) is 0.763. The Bertz CT molecular complexity index is 316. The zero-order valence-corrected chi connectivity index (χ0v) is 10.8. The third-order valence-corrected chi connectivity index (χ3v) is 3.59. The molecule has 0 saturated heterocycles. The molecule has 4 heteroatoms. The second-order valence-electron chi connectivity index (χ2n) is 6.22. The first-order valence-electron chi connectivity index (χ1n) is 6.36. The number of rotatable bonds is 1. The molecule has 17 heavy (non-hydrogen) atoms. The van der Waals surface area contributed by atoms with E-state index in [1.807, 2.05) is 20.8 Å². The summed E-state index contributed by atoms with van der Waals surface area (Å²) in [6.45, 7) is 5.56. The Labute approximate surface area is 102 Å². The maximum atomic E-state index is 11.7. The van der Waals surface area contributed by atoms with Gasteiger partial charge >= 0.3 is 6.09 Å². The van der Waals surface area contributed by atoms with Crippen LogP contribution in [0.4, 0.5) is 4.79 Å². The lowest BCUT2D eigenvalue weighted by Crippen LogP contribution is -2.47. The number of ether oxygens (including phenoxy) is 1. The molecule has 2 unspecified atom stereocenters. The topological polar surface area (TPSA) is 55.4 Å². The predicted molar refractivity (Wildman–Crippen MR) is 63.6 cm³/mol. The fraction of sp³-hybridized carbons (Fsp3) is 0.846. The standard InChI is InChI=1S/C13H21NO3/c1-13(2,3)17-12(16)14-11-8-4-5-9(11)7-10(15)6-8/h8-9,11H,4-7H2,1-3H3,(H,14,16). The number of carbonyl (C=O) groups excluding carboxylic acids is 2. The van der Waals surface area contributed by atoms with Crippen molar-refractivity contribution in [2.24, 2.45) is 11.8 Å². The summed E-state index contributed by atoms with van der Waals surface area (Å²) >= 11 is 0. The van der Waals surface area contributed by atoms with Crippen molar-refractivity contribution in [3.05, 3.63) is 0 Å². The highest BCUT2D eigenvalue weighted by Crippen LogP contribution is 2.40. The van der Waals surface area contributed by atoms with Gasteiger partial charge in [-0.3, -0.25) is 4.79 Å². The smallest absolute Gasteiger partial charge is 0.407 e. The average Bonchev–Trinajstić information content (AvgIpc) is 2.42. The van der Waals surface area contributed by atoms with Crippen molar-refractivity contribution in [2.75, 3.05) is 0 Å². The molecular formula is C13H21NO3. The zero-order valence-electron chi connectivity index (χ0n) is 10.8. The van der Waals surface area contributed by atoms with Gasteiger partial charge in [0, 0.05) is 18.9 Å². The largest absolute Gasteiger partial charge is 0.444 e. The molecule has 96 valence electrons. The summed E-state index contributed by atoms with van der Waals surface area (Å²) < 4.78 is 5.26. The van der Waals surface area contributed by atoms with Crippen molar-refractivity contribution < 1.29 is 14.3 Å². The van der Waals surface area contributed by atoms with Crippen LogP contribution in [0.5, 0.6) is 0 Å². The summed E-state index contributed by atoms with van der Waals surface area (Å²) in [6, 6.07) is 0.141. The molecule has 2 fully saturated rings. The van der Waals surface area contributed by atoms with E-state index in [-0.39, 0.29) is 12.1 Å². The Balaban J connectivity index is 1.92. The number of fused-ring (bicyclic) bond motifs is 2. The monoisotopic (exact) mass is 239 g/mol. The molecule has 0 spiro atoms. The Morgan fingerprint density at radius 3 is 2.24 bits per heavy atom. The van der Waals surface area contributed by atoms with E-state index in [4.69, 9.17) is 4.74 Å². The highest BCUT2D eigenvalue weighted by molar-refractivity contribution is 5.81. The molecule has 1 N–H and O–H groups in total. The fourth-order valence-electron chi connectivity index (χ4n) is 2.98. The highest BCUT2D eigenvalue weighted by atomic mass is 16.6. The number of carbonyl (C=O) groups is 2. The number of nitrogens with one attached hydrogen (secondary N) is 1. The molecule has 2 aliphatic carbocycles. The molecule has 0 aromatic rings. The van der Waals surface area contributed by atoms with E-state index in [2.05, 4.69) is 5.32 Å². The molecule has 0 heterocycles. The van der Waals surface area contributed by atoms with E-state index in [0.717, 1.165) is 12.8 Å². The second-order valence-corrected chi connectivity index (χ2v) is 6.22. The van der Waals surface area contributed by atoms with Gasteiger partial charge in [-0.15, -0.1) is 0 Å². The van der Waals surface area contributed by atoms with Crippen LogP contribution in [0.2, 0.25) is 0 Å². The van der Waals surface area contributed by atoms with E-state index in [1.54, 1.807) is 0 Å². The van der Waals surface area contributed by atoms with E-state index in [0.29, 0.717) is 30.5 Å². The number of Topliss-reactive ketones (excluding diaryl/α,β-unsaturated/α-hetero) is 1. The normalized spacial score (nSPS) is 32.4. The van der Waals surface area contributed by atoms with E-state index in [1.165, 1.54) is 0 Å². The Morgan fingerprint density at radius 1 is 1.24 bits per heavy atom. The second kappa shape index (κ2) is 4.31. The minimum absolute atomic E-state index is 0.141. The van der Waals surface area contributed by atoms with Gasteiger partial charge in [0.2, 0.25) is 0 Å². The lowest BCUT2D eigenvalue weighted by atomic mass is 9.83. The number of hydrogen-bond acceptors (Lipinski definition) is 3. The molecule has 2 aliphatic rings. The number of hydrogen-bond donors (Lipinski definition) is 1. The summed E-state index contributed by atoms with van der Waals surface area (Å²) in [4.78, 5) is 23.1. The molecule has 2 saturated carbocycles. The average molecular weight is 239 g/mol.